The topological polar surface area (TPSA) is 18.5 Å². The van der Waals surface area contributed by atoms with Crippen LogP contribution in [0.4, 0.5) is 8.78 Å². The quantitative estimate of drug-likeness (QED) is 0.381. The molecule has 0 aliphatic carbocycles. The van der Waals surface area contributed by atoms with Gasteiger partial charge in [0, 0.05) is 5.56 Å². The summed E-state index contributed by atoms with van der Waals surface area (Å²) in [6.07, 6.45) is 1.94. The Morgan fingerprint density at radius 1 is 0.786 bits per heavy atom. The third kappa shape index (κ3) is 4.76. The van der Waals surface area contributed by atoms with Gasteiger partial charge in [-0.2, -0.15) is 8.78 Å². The van der Waals surface area contributed by atoms with Crippen LogP contribution in [0.1, 0.15) is 25.0 Å². The first kappa shape index (κ1) is 20.0. The molecule has 0 radical (unpaired) electrons. The van der Waals surface area contributed by atoms with Crippen molar-refractivity contribution >= 4 is 13.9 Å². The van der Waals surface area contributed by atoms with E-state index in [0.717, 1.165) is 11.1 Å². The smallest absolute Gasteiger partial charge is 0.371 e. The fourth-order valence-electron chi connectivity index (χ4n) is 2.49. The number of hydrogen-bond donors (Lipinski definition) is 0. The van der Waals surface area contributed by atoms with Crippen LogP contribution in [-0.2, 0) is 5.66 Å². The number of para-hydroxylation sites is 2. The summed E-state index contributed by atoms with van der Waals surface area (Å²) >= 11 is 0. The van der Waals surface area contributed by atoms with Gasteiger partial charge in [-0.05, 0) is 49.2 Å². The first-order chi connectivity index (χ1) is 13.5. The second kappa shape index (κ2) is 8.99. The lowest BCUT2D eigenvalue weighted by atomic mass is 10.1. The summed E-state index contributed by atoms with van der Waals surface area (Å²) in [6, 6.07) is 23.3. The van der Waals surface area contributed by atoms with Crippen molar-refractivity contribution in [3.8, 4) is 11.5 Å². The SMILES string of the molecule is C/C=C(\C)c1ccc(C(F)(F)P(Oc2ccccc2)Oc2ccccc2)cc1. The van der Waals surface area contributed by atoms with Crippen LogP contribution in [0.2, 0.25) is 0 Å². The molecule has 0 spiro atoms. The normalized spacial score (nSPS) is 12.1. The largest absolute Gasteiger partial charge is 0.434 e. The van der Waals surface area contributed by atoms with E-state index in [2.05, 4.69) is 0 Å². The van der Waals surface area contributed by atoms with Crippen molar-refractivity contribution in [3.05, 3.63) is 102 Å². The molecule has 5 heteroatoms. The highest BCUT2D eigenvalue weighted by molar-refractivity contribution is 7.49. The molecule has 0 atom stereocenters. The predicted octanol–water partition coefficient (Wildman–Crippen LogP) is 7.63. The molecule has 0 saturated heterocycles. The molecule has 0 N–H and O–H groups in total. The Hall–Kier alpha value is -2.71. The minimum absolute atomic E-state index is 0.141. The van der Waals surface area contributed by atoms with Crippen molar-refractivity contribution < 1.29 is 17.8 Å². The standard InChI is InChI=1S/C23H21F2O2P/c1-3-18(2)19-14-16-20(17-15-19)23(24,25)28(26-21-10-6-4-7-11-21)27-22-12-8-5-9-13-22/h3-17H,1-2H3/b18-3+. The van der Waals surface area contributed by atoms with E-state index < -0.39 is 14.0 Å². The van der Waals surface area contributed by atoms with Crippen molar-refractivity contribution in [3.63, 3.8) is 0 Å². The van der Waals surface area contributed by atoms with Gasteiger partial charge in [0.2, 0.25) is 0 Å². The Kier molecular flexibility index (Phi) is 6.43. The lowest BCUT2D eigenvalue weighted by molar-refractivity contribution is 0.0766. The van der Waals surface area contributed by atoms with E-state index in [4.69, 9.17) is 9.05 Å². The maximum atomic E-state index is 15.4. The number of rotatable bonds is 7. The zero-order valence-electron chi connectivity index (χ0n) is 15.7. The summed E-state index contributed by atoms with van der Waals surface area (Å²) in [5, 5.41) is 0. The third-order valence-corrected chi connectivity index (χ3v) is 5.68. The van der Waals surface area contributed by atoms with E-state index in [0.29, 0.717) is 11.5 Å². The molecule has 28 heavy (non-hydrogen) atoms. The molecule has 3 aromatic rings. The average Bonchev–Trinajstić information content (AvgIpc) is 2.74. The second-order valence-corrected chi connectivity index (χ2v) is 7.60. The first-order valence-electron chi connectivity index (χ1n) is 8.88. The summed E-state index contributed by atoms with van der Waals surface area (Å²) < 4.78 is 42.0. The zero-order valence-corrected chi connectivity index (χ0v) is 16.6. The molecule has 0 saturated carbocycles. The predicted molar refractivity (Wildman–Crippen MR) is 111 cm³/mol. The lowest BCUT2D eigenvalue weighted by Gasteiger charge is -2.26. The monoisotopic (exact) mass is 398 g/mol. The van der Waals surface area contributed by atoms with Gasteiger partial charge < -0.3 is 9.05 Å². The summed E-state index contributed by atoms with van der Waals surface area (Å²) in [6.45, 7) is 3.86. The van der Waals surface area contributed by atoms with Gasteiger partial charge in [-0.3, -0.25) is 0 Å². The number of alkyl halides is 2. The molecule has 0 aromatic heterocycles. The van der Waals surface area contributed by atoms with Gasteiger partial charge in [-0.15, -0.1) is 0 Å². The minimum atomic E-state index is -3.30. The highest BCUT2D eigenvalue weighted by Crippen LogP contribution is 2.59. The van der Waals surface area contributed by atoms with E-state index in [9.17, 15) is 0 Å². The van der Waals surface area contributed by atoms with Crippen LogP contribution in [-0.4, -0.2) is 0 Å². The maximum absolute atomic E-state index is 15.4. The summed E-state index contributed by atoms with van der Waals surface area (Å²) in [4.78, 5) is 0. The fourth-order valence-corrected chi connectivity index (χ4v) is 3.75. The number of benzene rings is 3. The summed E-state index contributed by atoms with van der Waals surface area (Å²) in [7, 11) is -2.61. The molecule has 0 fully saturated rings. The van der Waals surface area contributed by atoms with E-state index >= 15 is 8.78 Å². The van der Waals surface area contributed by atoms with Gasteiger partial charge >= 0.3 is 14.0 Å². The van der Waals surface area contributed by atoms with Crippen molar-refractivity contribution in [2.75, 3.05) is 0 Å². The van der Waals surface area contributed by atoms with Crippen LogP contribution >= 0.6 is 8.38 Å². The minimum Gasteiger partial charge on any atom is -0.434 e. The molecule has 0 aliphatic rings. The summed E-state index contributed by atoms with van der Waals surface area (Å²) in [5.41, 5.74) is -1.51. The first-order valence-corrected chi connectivity index (χ1v) is 10.1. The Morgan fingerprint density at radius 3 is 1.68 bits per heavy atom. The van der Waals surface area contributed by atoms with E-state index in [-0.39, 0.29) is 5.56 Å². The third-order valence-electron chi connectivity index (χ3n) is 4.21. The van der Waals surface area contributed by atoms with Crippen molar-refractivity contribution in [1.29, 1.82) is 0 Å². The number of allylic oxidation sites excluding steroid dienone is 2. The van der Waals surface area contributed by atoms with Gasteiger partial charge in [0.1, 0.15) is 11.5 Å². The van der Waals surface area contributed by atoms with Crippen LogP contribution in [0.3, 0.4) is 0 Å². The van der Waals surface area contributed by atoms with Crippen molar-refractivity contribution in [2.45, 2.75) is 19.5 Å². The van der Waals surface area contributed by atoms with Gasteiger partial charge in [-0.25, -0.2) is 0 Å². The van der Waals surface area contributed by atoms with Crippen LogP contribution < -0.4 is 9.05 Å². The highest BCUT2D eigenvalue weighted by Gasteiger charge is 2.48. The molecule has 3 aromatic carbocycles. The molecule has 0 aliphatic heterocycles. The molecule has 0 amide bonds. The van der Waals surface area contributed by atoms with Gasteiger partial charge in [-0.1, -0.05) is 66.7 Å². The molecule has 144 valence electrons. The molecule has 0 heterocycles. The Bertz CT molecular complexity index is 869. The summed E-state index contributed by atoms with van der Waals surface area (Å²) in [5.74, 6) is 0.677. The van der Waals surface area contributed by atoms with Gasteiger partial charge in [0.05, 0.1) is 0 Å². The van der Waals surface area contributed by atoms with Crippen LogP contribution in [0.5, 0.6) is 11.5 Å². The van der Waals surface area contributed by atoms with Crippen molar-refractivity contribution in [2.24, 2.45) is 0 Å². The molecule has 3 rings (SSSR count). The van der Waals surface area contributed by atoms with Crippen molar-refractivity contribution in [1.82, 2.24) is 0 Å². The average molecular weight is 398 g/mol. The Labute approximate surface area is 165 Å². The molecule has 0 unspecified atom stereocenters. The molecular weight excluding hydrogens is 377 g/mol. The van der Waals surface area contributed by atoms with Crippen LogP contribution in [0, 0.1) is 0 Å². The fraction of sp³-hybridized carbons (Fsp3) is 0.130. The molecular formula is C23H21F2O2P. The molecule has 2 nitrogen and oxygen atoms in total. The highest BCUT2D eigenvalue weighted by atomic mass is 31.2. The Morgan fingerprint density at radius 2 is 1.25 bits per heavy atom. The van der Waals surface area contributed by atoms with Gasteiger partial charge in [0.25, 0.3) is 0 Å². The molecule has 0 bridgehead atoms. The lowest BCUT2D eigenvalue weighted by Crippen LogP contribution is -2.17. The zero-order chi connectivity index (χ0) is 20.0. The maximum Gasteiger partial charge on any atom is 0.371 e. The van der Waals surface area contributed by atoms with Crippen LogP contribution in [0.25, 0.3) is 5.57 Å². The Balaban J connectivity index is 1.92. The van der Waals surface area contributed by atoms with E-state index in [1.54, 1.807) is 72.8 Å². The van der Waals surface area contributed by atoms with E-state index in [1.165, 1.54) is 12.1 Å². The van der Waals surface area contributed by atoms with Gasteiger partial charge in [0.15, 0.2) is 0 Å². The number of hydrogen-bond acceptors (Lipinski definition) is 2. The second-order valence-electron chi connectivity index (χ2n) is 6.16. The van der Waals surface area contributed by atoms with E-state index in [1.807, 2.05) is 19.9 Å². The van der Waals surface area contributed by atoms with Crippen LogP contribution in [0.15, 0.2) is 91.0 Å². The number of halogens is 2.